The molecule has 9 heteroatoms. The number of carbonyl (C=O) groups excluding carboxylic acids is 1. The number of hydrogen-bond acceptors (Lipinski definition) is 5. The molecule has 0 bridgehead atoms. The van der Waals surface area contributed by atoms with Gasteiger partial charge in [-0.1, -0.05) is 0 Å². The Morgan fingerprint density at radius 3 is 2.50 bits per heavy atom. The Morgan fingerprint density at radius 2 is 1.93 bits per heavy atom. The molecule has 0 fully saturated rings. The number of aliphatic carboxylic acids is 1. The summed E-state index contributed by atoms with van der Waals surface area (Å²) in [6.07, 6.45) is 6.79. The van der Waals surface area contributed by atoms with Crippen molar-refractivity contribution in [3.8, 4) is 18.0 Å². The monoisotopic (exact) mass is 411 g/mol. The Morgan fingerprint density at radius 1 is 1.27 bits per heavy atom. The van der Waals surface area contributed by atoms with E-state index in [0.29, 0.717) is 41.9 Å². The van der Waals surface area contributed by atoms with Crippen LogP contribution < -0.4 is 5.32 Å². The third kappa shape index (κ3) is 4.54. The first-order chi connectivity index (χ1) is 14.3. The van der Waals surface area contributed by atoms with Crippen molar-refractivity contribution in [1.82, 2.24) is 15.1 Å². The number of rotatable bonds is 9. The van der Waals surface area contributed by atoms with Crippen LogP contribution in [0.3, 0.4) is 0 Å². The fraction of sp³-hybridized carbons (Fsp3) is 0.381. The number of carbonyl (C=O) groups is 2. The number of nitrogens with zero attached hydrogens (tertiary/aromatic N) is 4. The van der Waals surface area contributed by atoms with Crippen LogP contribution in [0.2, 0.25) is 0 Å². The van der Waals surface area contributed by atoms with Gasteiger partial charge in [0.1, 0.15) is 5.82 Å². The van der Waals surface area contributed by atoms with Crippen molar-refractivity contribution in [1.29, 1.82) is 0 Å². The highest BCUT2D eigenvalue weighted by Crippen LogP contribution is 2.37. The quantitative estimate of drug-likeness (QED) is 0.618. The van der Waals surface area contributed by atoms with Crippen molar-refractivity contribution in [3.05, 3.63) is 47.0 Å². The zero-order valence-corrected chi connectivity index (χ0v) is 16.7. The predicted molar refractivity (Wildman–Crippen MR) is 106 cm³/mol. The Kier molecular flexibility index (Phi) is 5.96. The molecule has 2 heterocycles. The Balaban J connectivity index is 1.75. The molecular weight excluding hydrogens is 389 g/mol. The Labute approximate surface area is 173 Å². The molecule has 0 spiro atoms. The summed E-state index contributed by atoms with van der Waals surface area (Å²) in [5.41, 5.74) is 1.38. The number of aryl methyl sites for hydroxylation is 1. The van der Waals surface area contributed by atoms with Crippen LogP contribution in [0, 0.1) is 32.0 Å². The minimum absolute atomic E-state index is 0.0749. The van der Waals surface area contributed by atoms with E-state index >= 15 is 0 Å². The van der Waals surface area contributed by atoms with Gasteiger partial charge in [0.15, 0.2) is 11.7 Å². The van der Waals surface area contributed by atoms with Crippen molar-refractivity contribution < 1.29 is 19.1 Å². The average Bonchev–Trinajstić information content (AvgIpc) is 3.43. The van der Waals surface area contributed by atoms with Crippen LogP contribution in [0.15, 0.2) is 34.5 Å². The summed E-state index contributed by atoms with van der Waals surface area (Å²) in [5, 5.41) is 24.6. The van der Waals surface area contributed by atoms with Crippen molar-refractivity contribution in [2.24, 2.45) is 10.2 Å². The highest BCUT2D eigenvalue weighted by Gasteiger charge is 2.39. The van der Waals surface area contributed by atoms with Crippen molar-refractivity contribution in [3.63, 3.8) is 0 Å². The molecule has 1 unspecified atom stereocenters. The van der Waals surface area contributed by atoms with E-state index in [1.54, 1.807) is 26.0 Å². The largest absolute Gasteiger partial charge is 0.479 e. The molecule has 2 aromatic rings. The summed E-state index contributed by atoms with van der Waals surface area (Å²) in [7, 11) is 0. The van der Waals surface area contributed by atoms with Gasteiger partial charge in [-0.25, -0.2) is 13.9 Å². The molecule has 0 aliphatic carbocycles. The summed E-state index contributed by atoms with van der Waals surface area (Å²) in [5.74, 6) is 0.518. The van der Waals surface area contributed by atoms with E-state index in [1.165, 1.54) is 16.8 Å². The van der Waals surface area contributed by atoms with Crippen molar-refractivity contribution in [2.45, 2.75) is 51.2 Å². The fourth-order valence-corrected chi connectivity index (χ4v) is 3.38. The van der Waals surface area contributed by atoms with E-state index in [4.69, 9.17) is 6.42 Å². The fourth-order valence-electron chi connectivity index (χ4n) is 3.38. The van der Waals surface area contributed by atoms with E-state index in [-0.39, 0.29) is 12.2 Å². The second-order valence-electron chi connectivity index (χ2n) is 7.20. The van der Waals surface area contributed by atoms with Crippen LogP contribution in [0.4, 0.5) is 4.39 Å². The molecule has 1 aromatic carbocycles. The molecule has 0 saturated heterocycles. The first-order valence-corrected chi connectivity index (χ1v) is 9.48. The minimum Gasteiger partial charge on any atom is -0.479 e. The molecule has 1 aliphatic rings. The van der Waals surface area contributed by atoms with Crippen molar-refractivity contribution in [2.75, 3.05) is 0 Å². The molecule has 3 rings (SSSR count). The highest BCUT2D eigenvalue weighted by molar-refractivity contribution is 5.85. The lowest BCUT2D eigenvalue weighted by molar-refractivity contribution is -0.142. The normalized spacial score (nSPS) is 14.7. The first kappa shape index (κ1) is 21.2. The maximum absolute atomic E-state index is 13.2. The van der Waals surface area contributed by atoms with Crippen LogP contribution in [-0.2, 0) is 9.59 Å². The molecule has 1 aromatic heterocycles. The molecular formula is C21H22FN5O3. The number of benzene rings is 1. The van der Waals surface area contributed by atoms with E-state index in [1.807, 2.05) is 0 Å². The van der Waals surface area contributed by atoms with Gasteiger partial charge in [0.25, 0.3) is 0 Å². The lowest BCUT2D eigenvalue weighted by Crippen LogP contribution is -2.35. The van der Waals surface area contributed by atoms with Crippen LogP contribution >= 0.6 is 0 Å². The molecule has 1 aliphatic heterocycles. The van der Waals surface area contributed by atoms with Crippen LogP contribution in [-0.4, -0.2) is 32.4 Å². The molecule has 8 nitrogen and oxygen atoms in total. The Bertz CT molecular complexity index is 1030. The second kappa shape index (κ2) is 8.45. The summed E-state index contributed by atoms with van der Waals surface area (Å²) in [4.78, 5) is 24.4. The molecule has 156 valence electrons. The number of aromatic nitrogens is 2. The Hall–Kier alpha value is -3.54. The van der Waals surface area contributed by atoms with Gasteiger partial charge in [-0.15, -0.1) is 12.3 Å². The van der Waals surface area contributed by atoms with Crippen LogP contribution in [0.5, 0.6) is 0 Å². The SMILES string of the molecule is C#CCCC1(CCC(=O)NC(C(=O)O)c2c(C)nn(-c3ccc(F)cc3)c2C)N=N1. The maximum Gasteiger partial charge on any atom is 0.331 e. The zero-order valence-electron chi connectivity index (χ0n) is 16.7. The number of nitrogens with one attached hydrogen (secondary N) is 1. The van der Waals surface area contributed by atoms with Gasteiger partial charge in [0.05, 0.1) is 11.4 Å². The summed E-state index contributed by atoms with van der Waals surface area (Å²) >= 11 is 0. The van der Waals surface area contributed by atoms with Gasteiger partial charge in [-0.05, 0) is 38.1 Å². The van der Waals surface area contributed by atoms with Gasteiger partial charge in [-0.2, -0.15) is 15.3 Å². The lowest BCUT2D eigenvalue weighted by atomic mass is 10.0. The van der Waals surface area contributed by atoms with Crippen LogP contribution in [0.25, 0.3) is 5.69 Å². The number of terminal acetylenes is 1. The summed E-state index contributed by atoms with van der Waals surface area (Å²) in [6.45, 7) is 3.37. The maximum atomic E-state index is 13.2. The van der Waals surface area contributed by atoms with Gasteiger partial charge in [0, 0.05) is 36.9 Å². The topological polar surface area (TPSA) is 109 Å². The number of halogens is 1. The molecule has 0 saturated carbocycles. The lowest BCUT2D eigenvalue weighted by Gasteiger charge is -2.16. The van der Waals surface area contributed by atoms with Crippen LogP contribution in [0.1, 0.15) is 48.7 Å². The second-order valence-corrected chi connectivity index (χ2v) is 7.20. The summed E-state index contributed by atoms with van der Waals surface area (Å²) < 4.78 is 14.7. The number of carboxylic acid groups (broad SMARTS) is 1. The van der Waals surface area contributed by atoms with Gasteiger partial charge >= 0.3 is 5.97 Å². The number of carboxylic acids is 1. The third-order valence-electron chi connectivity index (χ3n) is 5.06. The number of amides is 1. The van der Waals surface area contributed by atoms with Gasteiger partial charge < -0.3 is 10.4 Å². The van der Waals surface area contributed by atoms with E-state index in [0.717, 1.165) is 0 Å². The molecule has 2 N–H and O–H groups in total. The number of hydrogen-bond donors (Lipinski definition) is 2. The van der Waals surface area contributed by atoms with E-state index < -0.39 is 23.6 Å². The van der Waals surface area contributed by atoms with Gasteiger partial charge in [0.2, 0.25) is 5.91 Å². The third-order valence-corrected chi connectivity index (χ3v) is 5.06. The molecule has 30 heavy (non-hydrogen) atoms. The van der Waals surface area contributed by atoms with Crippen molar-refractivity contribution >= 4 is 11.9 Å². The first-order valence-electron chi connectivity index (χ1n) is 9.48. The minimum atomic E-state index is -1.26. The highest BCUT2D eigenvalue weighted by atomic mass is 19.1. The molecule has 0 radical (unpaired) electrons. The standard InChI is InChI=1S/C21H22FN5O3/c1-4-5-11-21(25-26-21)12-10-17(28)23-19(20(29)30)18-13(2)24-27(14(18)3)16-8-6-15(22)7-9-16/h1,6-9,19H,5,10-12H2,2-3H3,(H,23,28)(H,29,30). The van der Waals surface area contributed by atoms with E-state index in [9.17, 15) is 19.1 Å². The smallest absolute Gasteiger partial charge is 0.331 e. The average molecular weight is 411 g/mol. The van der Waals surface area contributed by atoms with Gasteiger partial charge in [-0.3, -0.25) is 4.79 Å². The predicted octanol–water partition coefficient (Wildman–Crippen LogP) is 3.23. The zero-order chi connectivity index (χ0) is 21.9. The molecule has 1 atom stereocenters. The molecule has 1 amide bonds. The van der Waals surface area contributed by atoms with E-state index in [2.05, 4.69) is 26.6 Å². The summed E-state index contributed by atoms with van der Waals surface area (Å²) in [6, 6.07) is 4.43.